The highest BCUT2D eigenvalue weighted by atomic mass is 16.6. The summed E-state index contributed by atoms with van der Waals surface area (Å²) in [4.78, 5) is 21.7. The number of nitro groups is 1. The molecule has 2 N–H and O–H groups in total. The van der Waals surface area contributed by atoms with E-state index in [9.17, 15) is 20.0 Å². The highest BCUT2D eigenvalue weighted by molar-refractivity contribution is 5.95. The minimum atomic E-state index is -0.681. The van der Waals surface area contributed by atoms with E-state index in [1.807, 2.05) is 0 Å². The Labute approximate surface area is 110 Å². The summed E-state index contributed by atoms with van der Waals surface area (Å²) in [5.41, 5.74) is -1.10. The van der Waals surface area contributed by atoms with E-state index in [1.165, 1.54) is 18.2 Å². The Morgan fingerprint density at radius 1 is 1.47 bits per heavy atom. The van der Waals surface area contributed by atoms with Gasteiger partial charge in [-0.2, -0.15) is 0 Å². The number of hydrogen-bond donors (Lipinski definition) is 2. The molecular formula is C12H16N2O5. The van der Waals surface area contributed by atoms with Crippen LogP contribution in [0.1, 0.15) is 20.8 Å². The van der Waals surface area contributed by atoms with Crippen molar-refractivity contribution in [3.63, 3.8) is 0 Å². The fourth-order valence-electron chi connectivity index (χ4n) is 1.27. The van der Waals surface area contributed by atoms with Crippen LogP contribution in [0.2, 0.25) is 0 Å². The second-order valence-electron chi connectivity index (χ2n) is 4.88. The number of amides is 1. The number of rotatable bonds is 4. The van der Waals surface area contributed by atoms with Gasteiger partial charge in [-0.15, -0.1) is 0 Å². The van der Waals surface area contributed by atoms with Crippen LogP contribution in [-0.2, 0) is 9.53 Å². The molecule has 0 saturated carbocycles. The average Bonchev–Trinajstić information content (AvgIpc) is 2.28. The maximum Gasteiger partial charge on any atom is 0.296 e. The van der Waals surface area contributed by atoms with E-state index in [1.54, 1.807) is 20.8 Å². The van der Waals surface area contributed by atoms with Gasteiger partial charge < -0.3 is 15.2 Å². The van der Waals surface area contributed by atoms with Gasteiger partial charge in [0.15, 0.2) is 5.69 Å². The number of benzene rings is 1. The van der Waals surface area contributed by atoms with Crippen LogP contribution in [0.5, 0.6) is 5.75 Å². The van der Waals surface area contributed by atoms with Gasteiger partial charge in [-0.05, 0) is 26.8 Å². The molecule has 1 aromatic carbocycles. The summed E-state index contributed by atoms with van der Waals surface area (Å²) in [5, 5.41) is 22.6. The van der Waals surface area contributed by atoms with Crippen molar-refractivity contribution in [2.75, 3.05) is 11.9 Å². The van der Waals surface area contributed by atoms with Gasteiger partial charge in [-0.1, -0.05) is 6.07 Å². The van der Waals surface area contributed by atoms with Gasteiger partial charge in [0.1, 0.15) is 12.4 Å². The van der Waals surface area contributed by atoms with Crippen LogP contribution in [0.15, 0.2) is 18.2 Å². The average molecular weight is 268 g/mol. The van der Waals surface area contributed by atoms with Crippen LogP contribution in [0.3, 0.4) is 0 Å². The molecule has 0 radical (unpaired) electrons. The molecule has 0 bridgehead atoms. The number of phenolic OH excluding ortho intramolecular Hbond substituents is 1. The van der Waals surface area contributed by atoms with E-state index < -0.39 is 16.4 Å². The van der Waals surface area contributed by atoms with E-state index in [-0.39, 0.29) is 23.7 Å². The first-order chi connectivity index (χ1) is 8.70. The van der Waals surface area contributed by atoms with E-state index in [4.69, 9.17) is 4.74 Å². The number of ether oxygens (including phenoxy) is 1. The van der Waals surface area contributed by atoms with Gasteiger partial charge in [0.25, 0.3) is 11.6 Å². The number of nitro benzene ring substituents is 1. The van der Waals surface area contributed by atoms with Crippen LogP contribution in [0.4, 0.5) is 11.4 Å². The Morgan fingerprint density at radius 2 is 2.11 bits per heavy atom. The molecule has 0 saturated heterocycles. The number of para-hydroxylation sites is 1. The number of nitrogens with one attached hydrogen (secondary N) is 1. The monoisotopic (exact) mass is 268 g/mol. The molecule has 104 valence electrons. The molecule has 1 rings (SSSR count). The molecule has 0 spiro atoms. The highest BCUT2D eigenvalue weighted by Crippen LogP contribution is 2.32. The lowest BCUT2D eigenvalue weighted by molar-refractivity contribution is -0.384. The largest absolute Gasteiger partial charge is 0.505 e. The summed E-state index contributed by atoms with van der Waals surface area (Å²) in [6, 6.07) is 3.78. The lowest BCUT2D eigenvalue weighted by atomic mass is 10.2. The summed E-state index contributed by atoms with van der Waals surface area (Å²) in [6.07, 6.45) is 0. The van der Waals surface area contributed by atoms with Gasteiger partial charge in [0, 0.05) is 6.07 Å². The van der Waals surface area contributed by atoms with Gasteiger partial charge in [-0.25, -0.2) is 0 Å². The molecule has 0 aliphatic heterocycles. The van der Waals surface area contributed by atoms with Crippen molar-refractivity contribution in [3.8, 4) is 5.75 Å². The van der Waals surface area contributed by atoms with Crippen molar-refractivity contribution in [1.29, 1.82) is 0 Å². The molecule has 0 heterocycles. The third-order valence-electron chi connectivity index (χ3n) is 2.12. The number of phenols is 1. The molecular weight excluding hydrogens is 252 g/mol. The van der Waals surface area contributed by atoms with E-state index in [0.717, 1.165) is 0 Å². The predicted octanol–water partition coefficient (Wildman–Crippen LogP) is 2.05. The second-order valence-corrected chi connectivity index (χ2v) is 4.88. The summed E-state index contributed by atoms with van der Waals surface area (Å²) in [5.74, 6) is -0.933. The van der Waals surface area contributed by atoms with Crippen LogP contribution in [-0.4, -0.2) is 28.1 Å². The number of carbonyl (C=O) groups is 1. The minimum absolute atomic E-state index is 0.227. The van der Waals surface area contributed by atoms with Crippen molar-refractivity contribution in [2.24, 2.45) is 0 Å². The normalized spacial score (nSPS) is 11.1. The number of hydrogen-bond acceptors (Lipinski definition) is 5. The molecule has 1 aromatic rings. The molecule has 0 unspecified atom stereocenters. The third kappa shape index (κ3) is 4.55. The molecule has 7 heteroatoms. The van der Waals surface area contributed by atoms with Crippen molar-refractivity contribution in [2.45, 2.75) is 26.4 Å². The summed E-state index contributed by atoms with van der Waals surface area (Å²) >= 11 is 0. The van der Waals surface area contributed by atoms with Gasteiger partial charge in [-0.3, -0.25) is 14.9 Å². The second kappa shape index (κ2) is 5.66. The molecule has 1 amide bonds. The summed E-state index contributed by atoms with van der Waals surface area (Å²) in [6.45, 7) is 5.09. The summed E-state index contributed by atoms with van der Waals surface area (Å²) < 4.78 is 5.24. The van der Waals surface area contributed by atoms with E-state index in [0.29, 0.717) is 0 Å². The fourth-order valence-corrected chi connectivity index (χ4v) is 1.27. The van der Waals surface area contributed by atoms with Crippen molar-refractivity contribution in [1.82, 2.24) is 0 Å². The third-order valence-corrected chi connectivity index (χ3v) is 2.12. The quantitative estimate of drug-likeness (QED) is 0.494. The van der Waals surface area contributed by atoms with Gasteiger partial charge >= 0.3 is 0 Å². The molecule has 0 aliphatic carbocycles. The van der Waals surface area contributed by atoms with E-state index in [2.05, 4.69) is 5.32 Å². The topological polar surface area (TPSA) is 102 Å². The van der Waals surface area contributed by atoms with Crippen molar-refractivity contribution >= 4 is 17.3 Å². The number of anilines is 1. The van der Waals surface area contributed by atoms with Crippen LogP contribution >= 0.6 is 0 Å². The molecule has 7 nitrogen and oxygen atoms in total. The molecule has 0 aliphatic rings. The zero-order valence-electron chi connectivity index (χ0n) is 11.0. The maximum absolute atomic E-state index is 11.6. The van der Waals surface area contributed by atoms with E-state index >= 15 is 0 Å². The molecule has 0 aromatic heterocycles. The van der Waals surface area contributed by atoms with Crippen molar-refractivity contribution < 1.29 is 19.6 Å². The molecule has 0 fully saturated rings. The summed E-state index contributed by atoms with van der Waals surface area (Å²) in [7, 11) is 0. The van der Waals surface area contributed by atoms with Gasteiger partial charge in [0.05, 0.1) is 10.5 Å². The number of carbonyl (C=O) groups excluding carboxylic acids is 1. The standard InChI is InChI=1S/C12H16N2O5/c1-12(2,3)19-7-10(16)13-11-8(14(17)18)5-4-6-9(11)15/h4-6,15H,7H2,1-3H3,(H,13,16). The fraction of sp³-hybridized carbons (Fsp3) is 0.417. The lowest BCUT2D eigenvalue weighted by Gasteiger charge is -2.19. The minimum Gasteiger partial charge on any atom is -0.505 e. The molecule has 19 heavy (non-hydrogen) atoms. The first-order valence-electron chi connectivity index (χ1n) is 5.61. The lowest BCUT2D eigenvalue weighted by Crippen LogP contribution is -2.27. The Bertz CT molecular complexity index is 493. The van der Waals surface area contributed by atoms with Crippen molar-refractivity contribution in [3.05, 3.63) is 28.3 Å². The Balaban J connectivity index is 2.82. The Kier molecular flexibility index (Phi) is 4.44. The van der Waals surface area contributed by atoms with Crippen LogP contribution in [0, 0.1) is 10.1 Å². The maximum atomic E-state index is 11.6. The van der Waals surface area contributed by atoms with Crippen LogP contribution in [0.25, 0.3) is 0 Å². The predicted molar refractivity (Wildman–Crippen MR) is 69.1 cm³/mol. The Hall–Kier alpha value is -2.15. The SMILES string of the molecule is CC(C)(C)OCC(=O)Nc1c(O)cccc1[N+](=O)[O-]. The smallest absolute Gasteiger partial charge is 0.296 e. The number of nitrogens with zero attached hydrogens (tertiary/aromatic N) is 1. The van der Waals surface area contributed by atoms with Gasteiger partial charge in [0.2, 0.25) is 0 Å². The van der Waals surface area contributed by atoms with Crippen LogP contribution < -0.4 is 5.32 Å². The molecule has 0 atom stereocenters. The number of aromatic hydroxyl groups is 1. The first kappa shape index (κ1) is 14.9. The zero-order chi connectivity index (χ0) is 14.6. The zero-order valence-corrected chi connectivity index (χ0v) is 11.0. The Morgan fingerprint density at radius 3 is 2.63 bits per heavy atom. The highest BCUT2D eigenvalue weighted by Gasteiger charge is 2.20. The first-order valence-corrected chi connectivity index (χ1v) is 5.61.